The lowest BCUT2D eigenvalue weighted by Crippen LogP contribution is -2.40. The largest absolute Gasteiger partial charge is 0.508 e. The highest BCUT2D eigenvalue weighted by molar-refractivity contribution is 6.02. The van der Waals surface area contributed by atoms with Crippen molar-refractivity contribution in [3.8, 4) is 11.5 Å². The molecular weight excluding hydrogens is 498 g/mol. The predicted molar refractivity (Wildman–Crippen MR) is 161 cm³/mol. The molecule has 0 saturated heterocycles. The van der Waals surface area contributed by atoms with E-state index in [9.17, 15) is 14.7 Å². The Balaban J connectivity index is 1.72. The standard InChI is InChI=1S/C35H43NO4/c1-24(2)28-13-16-30(17-14-28)36(34(39)21-12-26-10-18-31(40-4)19-11-26)35(29-15-20-32(37)25(3)22-29)33(38)23-27-8-6-5-7-9-27/h10-11,13-20,22,24,27,35,37H,5-9,12,21,23H2,1-4H3. The third-order valence-electron chi connectivity index (χ3n) is 8.21. The van der Waals surface area contributed by atoms with Gasteiger partial charge in [0, 0.05) is 18.5 Å². The highest BCUT2D eigenvalue weighted by atomic mass is 16.5. The van der Waals surface area contributed by atoms with E-state index in [2.05, 4.69) is 26.0 Å². The van der Waals surface area contributed by atoms with Gasteiger partial charge in [0.1, 0.15) is 17.5 Å². The molecular formula is C35H43NO4. The molecule has 1 atom stereocenters. The maximum absolute atomic E-state index is 14.2. The molecule has 212 valence electrons. The zero-order valence-electron chi connectivity index (χ0n) is 24.4. The Kier molecular flexibility index (Phi) is 10.0. The molecule has 1 aliphatic carbocycles. The number of Topliss-reactive ketones (excluding diaryl/α,β-unsaturated/α-hetero) is 1. The number of ketones is 1. The number of nitrogens with zero attached hydrogens (tertiary/aromatic N) is 1. The van der Waals surface area contributed by atoms with E-state index in [1.807, 2.05) is 49.4 Å². The summed E-state index contributed by atoms with van der Waals surface area (Å²) in [5.74, 6) is 1.63. The number of phenolic OH excluding ortho intramolecular Hbond substituents is 1. The lowest BCUT2D eigenvalue weighted by atomic mass is 9.83. The van der Waals surface area contributed by atoms with Crippen molar-refractivity contribution >= 4 is 17.4 Å². The fourth-order valence-electron chi connectivity index (χ4n) is 5.74. The first-order chi connectivity index (χ1) is 19.3. The Labute approximate surface area is 239 Å². The van der Waals surface area contributed by atoms with Crippen molar-refractivity contribution in [2.24, 2.45) is 5.92 Å². The van der Waals surface area contributed by atoms with E-state index in [1.165, 1.54) is 12.0 Å². The quantitative estimate of drug-likeness (QED) is 0.266. The number of hydrogen-bond donors (Lipinski definition) is 1. The van der Waals surface area contributed by atoms with E-state index in [0.29, 0.717) is 30.2 Å². The van der Waals surface area contributed by atoms with Gasteiger partial charge in [-0.3, -0.25) is 14.5 Å². The molecule has 3 aromatic rings. The summed E-state index contributed by atoms with van der Waals surface area (Å²) in [6.07, 6.45) is 6.93. The number of benzene rings is 3. The Hall–Kier alpha value is -3.60. The van der Waals surface area contributed by atoms with E-state index in [-0.39, 0.29) is 23.9 Å². The lowest BCUT2D eigenvalue weighted by molar-refractivity contribution is -0.126. The van der Waals surface area contributed by atoms with Crippen molar-refractivity contribution in [2.45, 2.75) is 84.1 Å². The van der Waals surface area contributed by atoms with Crippen molar-refractivity contribution in [3.63, 3.8) is 0 Å². The number of aryl methyl sites for hydroxylation is 2. The van der Waals surface area contributed by atoms with Gasteiger partial charge in [-0.2, -0.15) is 0 Å². The molecule has 5 heteroatoms. The summed E-state index contributed by atoms with van der Waals surface area (Å²) in [7, 11) is 1.64. The van der Waals surface area contributed by atoms with Crippen LogP contribution in [-0.2, 0) is 16.0 Å². The molecule has 1 unspecified atom stereocenters. The normalized spacial score (nSPS) is 14.6. The van der Waals surface area contributed by atoms with Gasteiger partial charge in [0.15, 0.2) is 5.78 Å². The first kappa shape index (κ1) is 29.4. The van der Waals surface area contributed by atoms with Crippen LogP contribution in [0.25, 0.3) is 0 Å². The fraction of sp³-hybridized carbons (Fsp3) is 0.429. The summed E-state index contributed by atoms with van der Waals surface area (Å²) in [4.78, 5) is 30.0. The van der Waals surface area contributed by atoms with Gasteiger partial charge in [0.25, 0.3) is 0 Å². The van der Waals surface area contributed by atoms with Crippen molar-refractivity contribution in [1.29, 1.82) is 0 Å². The molecule has 1 saturated carbocycles. The van der Waals surface area contributed by atoms with Crippen LogP contribution in [0.4, 0.5) is 5.69 Å². The van der Waals surface area contributed by atoms with Crippen LogP contribution >= 0.6 is 0 Å². The minimum absolute atomic E-state index is 0.0581. The number of hydrogen-bond acceptors (Lipinski definition) is 4. The monoisotopic (exact) mass is 541 g/mol. The van der Waals surface area contributed by atoms with Crippen LogP contribution < -0.4 is 9.64 Å². The smallest absolute Gasteiger partial charge is 0.228 e. The Bertz CT molecular complexity index is 1270. The summed E-state index contributed by atoms with van der Waals surface area (Å²) >= 11 is 0. The molecule has 4 rings (SSSR count). The van der Waals surface area contributed by atoms with Crippen LogP contribution in [0.15, 0.2) is 66.7 Å². The molecule has 1 aliphatic rings. The highest BCUT2D eigenvalue weighted by Crippen LogP contribution is 2.36. The summed E-state index contributed by atoms with van der Waals surface area (Å²) in [5.41, 5.74) is 4.36. The maximum atomic E-state index is 14.2. The number of aromatic hydroxyl groups is 1. The minimum Gasteiger partial charge on any atom is -0.508 e. The molecule has 0 bridgehead atoms. The number of ether oxygens (including phenoxy) is 1. The summed E-state index contributed by atoms with van der Waals surface area (Å²) in [6, 6.07) is 20.3. The second kappa shape index (κ2) is 13.6. The predicted octanol–water partition coefficient (Wildman–Crippen LogP) is 8.08. The van der Waals surface area contributed by atoms with Crippen molar-refractivity contribution < 1.29 is 19.4 Å². The first-order valence-corrected chi connectivity index (χ1v) is 14.6. The van der Waals surface area contributed by atoms with E-state index >= 15 is 0 Å². The van der Waals surface area contributed by atoms with Crippen LogP contribution in [0.2, 0.25) is 0 Å². The van der Waals surface area contributed by atoms with Gasteiger partial charge in [-0.1, -0.05) is 76.3 Å². The molecule has 0 radical (unpaired) electrons. The van der Waals surface area contributed by atoms with Gasteiger partial charge in [-0.25, -0.2) is 0 Å². The molecule has 3 aromatic carbocycles. The van der Waals surface area contributed by atoms with Gasteiger partial charge in [-0.15, -0.1) is 0 Å². The number of carbonyl (C=O) groups is 2. The molecule has 40 heavy (non-hydrogen) atoms. The van der Waals surface area contributed by atoms with E-state index < -0.39 is 6.04 Å². The van der Waals surface area contributed by atoms with Gasteiger partial charge < -0.3 is 9.84 Å². The fourth-order valence-corrected chi connectivity index (χ4v) is 5.74. The van der Waals surface area contributed by atoms with Crippen LogP contribution in [0.5, 0.6) is 11.5 Å². The molecule has 1 N–H and O–H groups in total. The average molecular weight is 542 g/mol. The molecule has 0 aromatic heterocycles. The van der Waals surface area contributed by atoms with Crippen molar-refractivity contribution in [3.05, 3.63) is 89.0 Å². The molecule has 0 aliphatic heterocycles. The number of carbonyl (C=O) groups excluding carboxylic acids is 2. The molecule has 5 nitrogen and oxygen atoms in total. The van der Waals surface area contributed by atoms with Crippen LogP contribution in [0.1, 0.15) is 93.0 Å². The molecule has 1 fully saturated rings. The third kappa shape index (κ3) is 7.32. The Morgan fingerprint density at radius 3 is 2.17 bits per heavy atom. The van der Waals surface area contributed by atoms with Crippen molar-refractivity contribution in [1.82, 2.24) is 0 Å². The van der Waals surface area contributed by atoms with E-state index in [0.717, 1.165) is 48.2 Å². The SMILES string of the molecule is COc1ccc(CCC(=O)N(c2ccc(C(C)C)cc2)C(C(=O)CC2CCCCC2)c2ccc(O)c(C)c2)cc1. The number of methoxy groups -OCH3 is 1. The third-order valence-corrected chi connectivity index (χ3v) is 8.21. The van der Waals surface area contributed by atoms with Gasteiger partial charge in [0.05, 0.1) is 7.11 Å². The first-order valence-electron chi connectivity index (χ1n) is 14.6. The Morgan fingerprint density at radius 1 is 0.925 bits per heavy atom. The number of anilines is 1. The average Bonchev–Trinajstić information content (AvgIpc) is 2.97. The second-order valence-corrected chi connectivity index (χ2v) is 11.5. The summed E-state index contributed by atoms with van der Waals surface area (Å²) in [5, 5.41) is 10.2. The number of rotatable bonds is 11. The van der Waals surface area contributed by atoms with E-state index in [4.69, 9.17) is 4.74 Å². The zero-order chi connectivity index (χ0) is 28.6. The van der Waals surface area contributed by atoms with Crippen LogP contribution in [0, 0.1) is 12.8 Å². The molecule has 0 spiro atoms. The molecule has 0 heterocycles. The lowest BCUT2D eigenvalue weighted by Gasteiger charge is -2.33. The van der Waals surface area contributed by atoms with Crippen LogP contribution in [0.3, 0.4) is 0 Å². The van der Waals surface area contributed by atoms with Gasteiger partial charge in [0.2, 0.25) is 5.91 Å². The number of amides is 1. The van der Waals surface area contributed by atoms with Crippen molar-refractivity contribution in [2.75, 3.05) is 12.0 Å². The van der Waals surface area contributed by atoms with E-state index in [1.54, 1.807) is 24.1 Å². The summed E-state index contributed by atoms with van der Waals surface area (Å²) in [6.45, 7) is 6.11. The van der Waals surface area contributed by atoms with Gasteiger partial charge in [-0.05, 0) is 83.8 Å². The zero-order valence-corrected chi connectivity index (χ0v) is 24.4. The maximum Gasteiger partial charge on any atom is 0.228 e. The topological polar surface area (TPSA) is 66.8 Å². The second-order valence-electron chi connectivity index (χ2n) is 11.5. The van der Waals surface area contributed by atoms with Crippen LogP contribution in [-0.4, -0.2) is 23.9 Å². The number of phenols is 1. The highest BCUT2D eigenvalue weighted by Gasteiger charge is 2.34. The summed E-state index contributed by atoms with van der Waals surface area (Å²) < 4.78 is 5.27. The Morgan fingerprint density at radius 2 is 1.57 bits per heavy atom. The molecule has 1 amide bonds. The van der Waals surface area contributed by atoms with Gasteiger partial charge >= 0.3 is 0 Å². The minimum atomic E-state index is -0.755.